The molecule has 0 aromatic heterocycles. The normalized spacial score (nSPS) is 21.2. The monoisotopic (exact) mass is 421 g/mol. The number of nitrogens with one attached hydrogen (secondary N) is 1. The Bertz CT molecular complexity index is 985. The van der Waals surface area contributed by atoms with Crippen LogP contribution in [0.15, 0.2) is 53.5 Å². The number of rotatable bonds is 6. The zero-order valence-electron chi connectivity index (χ0n) is 17.6. The summed E-state index contributed by atoms with van der Waals surface area (Å²) in [5.41, 5.74) is 3.72. The van der Waals surface area contributed by atoms with E-state index in [0.29, 0.717) is 11.1 Å². The van der Waals surface area contributed by atoms with Crippen molar-refractivity contribution < 1.29 is 9.59 Å². The zero-order chi connectivity index (χ0) is 21.3. The number of para-hydroxylation sites is 1. The summed E-state index contributed by atoms with van der Waals surface area (Å²) in [5.74, 6) is 0.373. The first-order valence-electron chi connectivity index (χ1n) is 10.4. The molecule has 0 unspecified atom stereocenters. The first kappa shape index (κ1) is 20.7. The number of carbonyl (C=O) groups is 2. The van der Waals surface area contributed by atoms with Crippen LogP contribution in [0.2, 0.25) is 0 Å². The van der Waals surface area contributed by atoms with Crippen molar-refractivity contribution in [2.24, 2.45) is 10.9 Å². The highest BCUT2D eigenvalue weighted by atomic mass is 32.2. The van der Waals surface area contributed by atoms with Gasteiger partial charge >= 0.3 is 0 Å². The predicted octanol–water partition coefficient (Wildman–Crippen LogP) is 5.06. The van der Waals surface area contributed by atoms with E-state index < -0.39 is 5.25 Å². The van der Waals surface area contributed by atoms with Crippen LogP contribution < -0.4 is 5.32 Å². The van der Waals surface area contributed by atoms with Crippen molar-refractivity contribution in [1.82, 2.24) is 4.90 Å². The summed E-state index contributed by atoms with van der Waals surface area (Å²) in [6, 6.07) is 15.8. The van der Waals surface area contributed by atoms with Gasteiger partial charge in [-0.3, -0.25) is 14.5 Å². The minimum atomic E-state index is -0.446. The van der Waals surface area contributed by atoms with E-state index in [2.05, 4.69) is 12.2 Å². The Kier molecular flexibility index (Phi) is 5.95. The van der Waals surface area contributed by atoms with Crippen LogP contribution in [0.3, 0.4) is 0 Å². The Balaban J connectivity index is 1.52. The SMILES string of the molecule is Cc1ccc(C)c(NC(=O)C[C@@H]2SC(=Nc3ccccc3)N([C@H](C)C3CC3)C2=O)c1. The fraction of sp³-hybridized carbons (Fsp3) is 0.375. The minimum absolute atomic E-state index is 0.00908. The number of anilines is 1. The fourth-order valence-corrected chi connectivity index (χ4v) is 4.94. The standard InChI is InChI=1S/C24H27N3O2S/c1-15-9-10-16(2)20(13-15)26-22(28)14-21-23(29)27(17(3)18-11-12-18)24(30-21)25-19-7-5-4-6-8-19/h4-10,13,17-18,21H,11-12,14H2,1-3H3,(H,26,28)/t17-,21+/m1/s1. The van der Waals surface area contributed by atoms with Gasteiger partial charge in [-0.05, 0) is 68.9 Å². The molecule has 5 nitrogen and oxygen atoms in total. The largest absolute Gasteiger partial charge is 0.326 e. The number of hydrogen-bond donors (Lipinski definition) is 1. The van der Waals surface area contributed by atoms with Gasteiger partial charge in [-0.1, -0.05) is 42.1 Å². The van der Waals surface area contributed by atoms with Crippen molar-refractivity contribution >= 4 is 40.1 Å². The zero-order valence-corrected chi connectivity index (χ0v) is 18.4. The first-order valence-corrected chi connectivity index (χ1v) is 11.3. The molecule has 156 valence electrons. The molecule has 4 rings (SSSR count). The van der Waals surface area contributed by atoms with Crippen molar-refractivity contribution in [2.45, 2.75) is 51.3 Å². The summed E-state index contributed by atoms with van der Waals surface area (Å²) in [5, 5.41) is 3.24. The average Bonchev–Trinajstić information content (AvgIpc) is 3.52. The van der Waals surface area contributed by atoms with E-state index in [-0.39, 0.29) is 24.3 Å². The molecule has 2 atom stereocenters. The predicted molar refractivity (Wildman–Crippen MR) is 123 cm³/mol. The molecule has 1 N–H and O–H groups in total. The number of thioether (sulfide) groups is 1. The van der Waals surface area contributed by atoms with Crippen molar-refractivity contribution in [3.05, 3.63) is 59.7 Å². The Morgan fingerprint density at radius 2 is 1.93 bits per heavy atom. The van der Waals surface area contributed by atoms with Gasteiger partial charge in [0.05, 0.1) is 5.69 Å². The van der Waals surface area contributed by atoms with Crippen molar-refractivity contribution in [3.8, 4) is 0 Å². The number of hydrogen-bond acceptors (Lipinski definition) is 4. The second-order valence-electron chi connectivity index (χ2n) is 8.19. The lowest BCUT2D eigenvalue weighted by Crippen LogP contribution is -2.41. The van der Waals surface area contributed by atoms with E-state index in [0.717, 1.165) is 35.3 Å². The van der Waals surface area contributed by atoms with E-state index in [1.807, 2.05) is 67.3 Å². The highest BCUT2D eigenvalue weighted by Gasteiger charge is 2.45. The van der Waals surface area contributed by atoms with Crippen molar-refractivity contribution in [3.63, 3.8) is 0 Å². The Morgan fingerprint density at radius 3 is 2.63 bits per heavy atom. The fourth-order valence-electron chi connectivity index (χ4n) is 3.71. The van der Waals surface area contributed by atoms with E-state index in [9.17, 15) is 9.59 Å². The summed E-state index contributed by atoms with van der Waals surface area (Å²) in [6.45, 7) is 6.05. The maximum Gasteiger partial charge on any atom is 0.242 e. The first-order chi connectivity index (χ1) is 14.4. The van der Waals surface area contributed by atoms with Gasteiger partial charge in [-0.2, -0.15) is 0 Å². The highest BCUT2D eigenvalue weighted by Crippen LogP contribution is 2.41. The van der Waals surface area contributed by atoms with Crippen molar-refractivity contribution in [1.29, 1.82) is 0 Å². The van der Waals surface area contributed by atoms with Crippen LogP contribution in [-0.2, 0) is 9.59 Å². The molecule has 2 aliphatic rings. The van der Waals surface area contributed by atoms with Crippen molar-refractivity contribution in [2.75, 3.05) is 5.32 Å². The molecule has 2 amide bonds. The van der Waals surface area contributed by atoms with E-state index >= 15 is 0 Å². The maximum absolute atomic E-state index is 13.2. The molecular weight excluding hydrogens is 394 g/mol. The molecule has 6 heteroatoms. The van der Waals surface area contributed by atoms with Gasteiger partial charge in [0.15, 0.2) is 5.17 Å². The van der Waals surface area contributed by atoms with Crippen LogP contribution in [0.5, 0.6) is 0 Å². The van der Waals surface area contributed by atoms with Crippen LogP contribution in [0.25, 0.3) is 0 Å². The number of amides is 2. The Morgan fingerprint density at radius 1 is 1.20 bits per heavy atom. The van der Waals surface area contributed by atoms with E-state index in [1.54, 1.807) is 0 Å². The molecule has 1 heterocycles. The topological polar surface area (TPSA) is 61.8 Å². The summed E-state index contributed by atoms with van der Waals surface area (Å²) in [4.78, 5) is 32.5. The lowest BCUT2D eigenvalue weighted by Gasteiger charge is -2.24. The molecule has 0 spiro atoms. The number of aliphatic imine (C=N–C) groups is 1. The van der Waals surface area contributed by atoms with Gasteiger partial charge in [0.25, 0.3) is 0 Å². The Hall–Kier alpha value is -2.60. The molecule has 30 heavy (non-hydrogen) atoms. The molecule has 0 radical (unpaired) electrons. The third kappa shape index (κ3) is 4.59. The molecule has 1 aliphatic heterocycles. The summed E-state index contributed by atoms with van der Waals surface area (Å²) < 4.78 is 0. The number of amidine groups is 1. The third-order valence-electron chi connectivity index (χ3n) is 5.70. The average molecular weight is 422 g/mol. The molecular formula is C24H27N3O2S. The number of carbonyl (C=O) groups excluding carboxylic acids is 2. The molecule has 1 aliphatic carbocycles. The molecule has 2 aromatic carbocycles. The Labute approximate surface area is 182 Å². The number of benzene rings is 2. The van der Waals surface area contributed by atoms with Gasteiger partial charge in [-0.25, -0.2) is 4.99 Å². The minimum Gasteiger partial charge on any atom is -0.326 e. The maximum atomic E-state index is 13.2. The molecule has 2 fully saturated rings. The van der Waals surface area contributed by atoms with Crippen LogP contribution in [0, 0.1) is 19.8 Å². The molecule has 1 saturated carbocycles. The lowest BCUT2D eigenvalue weighted by molar-refractivity contribution is -0.129. The second-order valence-corrected chi connectivity index (χ2v) is 9.36. The lowest BCUT2D eigenvalue weighted by atomic mass is 10.1. The molecule has 0 bridgehead atoms. The number of nitrogens with zero attached hydrogens (tertiary/aromatic N) is 2. The van der Waals surface area contributed by atoms with Gasteiger partial charge in [0.1, 0.15) is 5.25 Å². The molecule has 1 saturated heterocycles. The highest BCUT2D eigenvalue weighted by molar-refractivity contribution is 8.15. The van der Waals surface area contributed by atoms with E-state index in [4.69, 9.17) is 4.99 Å². The quantitative estimate of drug-likeness (QED) is 0.709. The van der Waals surface area contributed by atoms with E-state index in [1.165, 1.54) is 11.8 Å². The number of aryl methyl sites for hydroxylation is 2. The van der Waals surface area contributed by atoms with Gasteiger partial charge in [0.2, 0.25) is 11.8 Å². The van der Waals surface area contributed by atoms with Crippen LogP contribution in [-0.4, -0.2) is 33.2 Å². The second kappa shape index (κ2) is 8.64. The van der Waals surface area contributed by atoms with Crippen LogP contribution in [0.4, 0.5) is 11.4 Å². The third-order valence-corrected chi connectivity index (χ3v) is 6.85. The summed E-state index contributed by atoms with van der Waals surface area (Å²) in [6.07, 6.45) is 2.43. The summed E-state index contributed by atoms with van der Waals surface area (Å²) >= 11 is 1.41. The van der Waals surface area contributed by atoms with Crippen LogP contribution >= 0.6 is 11.8 Å². The summed E-state index contributed by atoms with van der Waals surface area (Å²) in [7, 11) is 0. The molecule has 2 aromatic rings. The van der Waals surface area contributed by atoms with Gasteiger partial charge < -0.3 is 5.32 Å². The van der Waals surface area contributed by atoms with Gasteiger partial charge in [0, 0.05) is 18.2 Å². The smallest absolute Gasteiger partial charge is 0.242 e. The van der Waals surface area contributed by atoms with Crippen LogP contribution in [0.1, 0.15) is 37.3 Å². The van der Waals surface area contributed by atoms with Gasteiger partial charge in [-0.15, -0.1) is 0 Å².